The molecule has 17 heavy (non-hydrogen) atoms. The maximum absolute atomic E-state index is 10.7. The lowest BCUT2D eigenvalue weighted by atomic mass is 10.1. The zero-order chi connectivity index (χ0) is 12.8. The van der Waals surface area contributed by atoms with Crippen LogP contribution in [0.2, 0.25) is 0 Å². The Bertz CT molecular complexity index is 395. The molecule has 1 atom stereocenters. The molecule has 0 spiro atoms. The van der Waals surface area contributed by atoms with E-state index in [9.17, 15) is 10.1 Å². The first-order chi connectivity index (χ1) is 8.08. The first-order valence-corrected chi connectivity index (χ1v) is 5.22. The van der Waals surface area contributed by atoms with Gasteiger partial charge in [0.05, 0.1) is 18.1 Å². The van der Waals surface area contributed by atoms with Crippen molar-refractivity contribution in [2.45, 2.75) is 19.6 Å². The molecular formula is C11H16N2O4. The lowest BCUT2D eigenvalue weighted by Gasteiger charge is -2.15. The van der Waals surface area contributed by atoms with Crippen LogP contribution in [-0.4, -0.2) is 29.8 Å². The molecule has 0 radical (unpaired) electrons. The van der Waals surface area contributed by atoms with Gasteiger partial charge in [0.2, 0.25) is 0 Å². The number of anilines is 1. The second-order valence-corrected chi connectivity index (χ2v) is 3.76. The van der Waals surface area contributed by atoms with Crippen LogP contribution in [0.1, 0.15) is 12.5 Å². The van der Waals surface area contributed by atoms with E-state index in [1.807, 2.05) is 6.92 Å². The van der Waals surface area contributed by atoms with Crippen LogP contribution in [0, 0.1) is 10.1 Å². The number of hydrogen-bond donors (Lipinski definition) is 2. The van der Waals surface area contributed by atoms with Crippen molar-refractivity contribution >= 4 is 11.4 Å². The number of nitro benzene ring substituents is 1. The van der Waals surface area contributed by atoms with Crippen LogP contribution >= 0.6 is 0 Å². The highest BCUT2D eigenvalue weighted by molar-refractivity contribution is 5.56. The van der Waals surface area contributed by atoms with Gasteiger partial charge in [-0.15, -0.1) is 0 Å². The van der Waals surface area contributed by atoms with E-state index in [0.29, 0.717) is 5.56 Å². The summed E-state index contributed by atoms with van der Waals surface area (Å²) in [6.07, 6.45) is 0. The van der Waals surface area contributed by atoms with Crippen molar-refractivity contribution < 1.29 is 14.8 Å². The predicted octanol–water partition coefficient (Wildman–Crippen LogP) is 1.53. The second-order valence-electron chi connectivity index (χ2n) is 3.76. The van der Waals surface area contributed by atoms with Crippen LogP contribution in [0.5, 0.6) is 0 Å². The molecule has 0 unspecified atom stereocenters. The van der Waals surface area contributed by atoms with Gasteiger partial charge < -0.3 is 15.2 Å². The molecule has 0 aromatic heterocycles. The smallest absolute Gasteiger partial charge is 0.269 e. The number of hydrogen-bond acceptors (Lipinski definition) is 5. The van der Waals surface area contributed by atoms with Crippen molar-refractivity contribution in [3.8, 4) is 0 Å². The summed E-state index contributed by atoms with van der Waals surface area (Å²) in [6, 6.07) is 4.40. The molecule has 0 bridgehead atoms. The van der Waals surface area contributed by atoms with E-state index in [2.05, 4.69) is 5.32 Å². The van der Waals surface area contributed by atoms with Gasteiger partial charge in [0, 0.05) is 36.5 Å². The van der Waals surface area contributed by atoms with E-state index in [1.54, 1.807) is 6.07 Å². The maximum Gasteiger partial charge on any atom is 0.269 e. The number of benzene rings is 1. The predicted molar refractivity (Wildman–Crippen MR) is 64.0 cm³/mol. The van der Waals surface area contributed by atoms with Crippen LogP contribution in [-0.2, 0) is 11.3 Å². The maximum atomic E-state index is 10.7. The van der Waals surface area contributed by atoms with Crippen molar-refractivity contribution in [2.24, 2.45) is 0 Å². The first-order valence-electron chi connectivity index (χ1n) is 5.22. The highest BCUT2D eigenvalue weighted by Crippen LogP contribution is 2.23. The molecule has 0 saturated carbocycles. The van der Waals surface area contributed by atoms with Crippen LogP contribution in [0.3, 0.4) is 0 Å². The number of aliphatic hydroxyl groups is 1. The van der Waals surface area contributed by atoms with E-state index in [1.165, 1.54) is 19.2 Å². The molecular weight excluding hydrogens is 224 g/mol. The van der Waals surface area contributed by atoms with Gasteiger partial charge in [-0.3, -0.25) is 10.1 Å². The fraction of sp³-hybridized carbons (Fsp3) is 0.455. The number of non-ortho nitro benzene ring substituents is 1. The lowest BCUT2D eigenvalue weighted by molar-refractivity contribution is -0.384. The molecule has 2 N–H and O–H groups in total. The molecule has 94 valence electrons. The normalized spacial score (nSPS) is 12.2. The molecule has 6 heteroatoms. The van der Waals surface area contributed by atoms with Crippen molar-refractivity contribution in [3.63, 3.8) is 0 Å². The molecule has 0 aliphatic heterocycles. The highest BCUT2D eigenvalue weighted by atomic mass is 16.6. The zero-order valence-electron chi connectivity index (χ0n) is 9.84. The van der Waals surface area contributed by atoms with Gasteiger partial charge in [0.15, 0.2) is 0 Å². The van der Waals surface area contributed by atoms with Crippen LogP contribution in [0.25, 0.3) is 0 Å². The van der Waals surface area contributed by atoms with E-state index in [-0.39, 0.29) is 24.9 Å². The molecule has 1 aromatic carbocycles. The van der Waals surface area contributed by atoms with Crippen LogP contribution in [0.15, 0.2) is 18.2 Å². The fourth-order valence-corrected chi connectivity index (χ4v) is 1.42. The Hall–Kier alpha value is -1.66. The fourth-order valence-electron chi connectivity index (χ4n) is 1.42. The molecule has 1 rings (SSSR count). The van der Waals surface area contributed by atoms with Gasteiger partial charge in [-0.05, 0) is 13.0 Å². The van der Waals surface area contributed by atoms with Gasteiger partial charge in [0.1, 0.15) is 0 Å². The molecule has 0 fully saturated rings. The minimum absolute atomic E-state index is 0.0105. The zero-order valence-corrected chi connectivity index (χ0v) is 9.84. The Balaban J connectivity index is 2.99. The summed E-state index contributed by atoms with van der Waals surface area (Å²) in [5.41, 5.74) is 1.46. The van der Waals surface area contributed by atoms with Gasteiger partial charge in [-0.25, -0.2) is 0 Å². The molecule has 0 amide bonds. The van der Waals surface area contributed by atoms with Gasteiger partial charge >= 0.3 is 0 Å². The average molecular weight is 240 g/mol. The number of nitrogens with zero attached hydrogens (tertiary/aromatic N) is 1. The van der Waals surface area contributed by atoms with Gasteiger partial charge in [0.25, 0.3) is 5.69 Å². The van der Waals surface area contributed by atoms with Gasteiger partial charge in [-0.2, -0.15) is 0 Å². The molecule has 0 aliphatic rings. The van der Waals surface area contributed by atoms with Gasteiger partial charge in [-0.1, -0.05) is 0 Å². The SMILES string of the molecule is COCc1cc([N+](=O)[O-])ccc1N[C@H](C)CO. The van der Waals surface area contributed by atoms with Crippen LogP contribution < -0.4 is 5.32 Å². The molecule has 0 heterocycles. The number of nitrogens with one attached hydrogen (secondary N) is 1. The number of nitro groups is 1. The Morgan fingerprint density at radius 1 is 1.59 bits per heavy atom. The Morgan fingerprint density at radius 2 is 2.29 bits per heavy atom. The number of methoxy groups -OCH3 is 1. The summed E-state index contributed by atoms with van der Waals surface area (Å²) in [4.78, 5) is 10.2. The standard InChI is InChI=1S/C11H16N2O4/c1-8(6-14)12-11-4-3-10(13(15)16)5-9(11)7-17-2/h3-5,8,12,14H,6-7H2,1-2H3/t8-/m1/s1. The molecule has 1 aromatic rings. The number of aliphatic hydroxyl groups excluding tert-OH is 1. The molecule has 0 aliphatic carbocycles. The Kier molecular flexibility index (Phi) is 4.86. The number of rotatable bonds is 6. The van der Waals surface area contributed by atoms with E-state index in [4.69, 9.17) is 9.84 Å². The monoisotopic (exact) mass is 240 g/mol. The number of ether oxygens (including phenoxy) is 1. The van der Waals surface area contributed by atoms with E-state index >= 15 is 0 Å². The summed E-state index contributed by atoms with van der Waals surface area (Å²) in [6.45, 7) is 2.09. The largest absolute Gasteiger partial charge is 0.394 e. The van der Waals surface area contributed by atoms with Crippen molar-refractivity contribution in [2.75, 3.05) is 19.0 Å². The second kappa shape index (κ2) is 6.17. The van der Waals surface area contributed by atoms with E-state index < -0.39 is 4.92 Å². The minimum atomic E-state index is -0.446. The Labute approximate surface area is 99.4 Å². The molecule has 0 saturated heterocycles. The average Bonchev–Trinajstić information content (AvgIpc) is 2.31. The van der Waals surface area contributed by atoms with E-state index in [0.717, 1.165) is 5.69 Å². The van der Waals surface area contributed by atoms with Crippen molar-refractivity contribution in [3.05, 3.63) is 33.9 Å². The summed E-state index contributed by atoms with van der Waals surface area (Å²) < 4.78 is 4.99. The van der Waals surface area contributed by atoms with Crippen molar-refractivity contribution in [1.29, 1.82) is 0 Å². The summed E-state index contributed by atoms with van der Waals surface area (Å²) in [5, 5.41) is 22.7. The summed E-state index contributed by atoms with van der Waals surface area (Å²) in [5.74, 6) is 0. The first kappa shape index (κ1) is 13.4. The molecule has 6 nitrogen and oxygen atoms in total. The lowest BCUT2D eigenvalue weighted by Crippen LogP contribution is -2.20. The summed E-state index contributed by atoms with van der Waals surface area (Å²) in [7, 11) is 1.53. The summed E-state index contributed by atoms with van der Waals surface area (Å²) >= 11 is 0. The third kappa shape index (κ3) is 3.69. The quantitative estimate of drug-likeness (QED) is 0.582. The Morgan fingerprint density at radius 3 is 2.82 bits per heavy atom. The third-order valence-electron chi connectivity index (χ3n) is 2.28. The highest BCUT2D eigenvalue weighted by Gasteiger charge is 2.11. The van der Waals surface area contributed by atoms with Crippen LogP contribution in [0.4, 0.5) is 11.4 Å². The minimum Gasteiger partial charge on any atom is -0.394 e. The van der Waals surface area contributed by atoms with Crippen molar-refractivity contribution in [1.82, 2.24) is 0 Å². The third-order valence-corrected chi connectivity index (χ3v) is 2.28. The topological polar surface area (TPSA) is 84.6 Å².